The maximum absolute atomic E-state index is 13.1. The number of nitrogens with zero attached hydrogens (tertiary/aromatic N) is 2. The van der Waals surface area contributed by atoms with Gasteiger partial charge in [-0.1, -0.05) is 13.8 Å². The largest absolute Gasteiger partial charge is 0.461 e. The Bertz CT molecular complexity index is 673. The van der Waals surface area contributed by atoms with Crippen LogP contribution in [0.1, 0.15) is 66.7 Å². The second-order valence-electron chi connectivity index (χ2n) is 6.82. The predicted octanol–water partition coefficient (Wildman–Crippen LogP) is 2.89. The lowest BCUT2D eigenvalue weighted by molar-refractivity contribution is -0.130. The highest BCUT2D eigenvalue weighted by Gasteiger charge is 2.31. The molecule has 0 N–H and O–H groups in total. The first-order valence-electron chi connectivity index (χ1n) is 8.68. The van der Waals surface area contributed by atoms with Gasteiger partial charge in [0.2, 0.25) is 5.91 Å². The smallest absolute Gasteiger partial charge is 0.355 e. The predicted molar refractivity (Wildman–Crippen MR) is 96.9 cm³/mol. The molecule has 6 nitrogen and oxygen atoms in total. The van der Waals surface area contributed by atoms with Crippen molar-refractivity contribution in [3.63, 3.8) is 0 Å². The average Bonchev–Trinajstić information content (AvgIpc) is 2.73. The van der Waals surface area contributed by atoms with Gasteiger partial charge >= 0.3 is 5.97 Å². The van der Waals surface area contributed by atoms with E-state index < -0.39 is 12.0 Å². The number of hydrogen-bond acceptors (Lipinski definition) is 4. The van der Waals surface area contributed by atoms with Crippen LogP contribution in [0.2, 0.25) is 0 Å². The Labute approximate surface area is 150 Å². The minimum atomic E-state index is -0.588. The second kappa shape index (κ2) is 8.32. The summed E-state index contributed by atoms with van der Waals surface area (Å²) in [7, 11) is 1.74. The number of carbonyl (C=O) groups excluding carboxylic acids is 3. The molecule has 0 aromatic carbocycles. The van der Waals surface area contributed by atoms with Gasteiger partial charge in [0.05, 0.1) is 12.6 Å². The Morgan fingerprint density at radius 1 is 1.16 bits per heavy atom. The molecule has 0 aliphatic carbocycles. The van der Waals surface area contributed by atoms with Gasteiger partial charge in [-0.2, -0.15) is 0 Å². The minimum absolute atomic E-state index is 0.133. The van der Waals surface area contributed by atoms with Crippen LogP contribution < -0.4 is 0 Å². The molecular weight excluding hydrogens is 320 g/mol. The highest BCUT2D eigenvalue weighted by molar-refractivity contribution is 6.06. The molecule has 0 spiro atoms. The SMILES string of the molecule is CCOC(=O)c1c(C)c(C(=O)C(C)N(CC(C)C)C(C)=O)c(C)n1C. The summed E-state index contributed by atoms with van der Waals surface area (Å²) in [6.07, 6.45) is 0. The highest BCUT2D eigenvalue weighted by atomic mass is 16.5. The summed E-state index contributed by atoms with van der Waals surface area (Å²) in [6.45, 7) is 13.3. The Balaban J connectivity index is 3.31. The summed E-state index contributed by atoms with van der Waals surface area (Å²) in [6, 6.07) is -0.588. The molecule has 0 radical (unpaired) electrons. The first kappa shape index (κ1) is 20.9. The number of rotatable bonds is 7. The standard InChI is InChI=1S/C19H30N2O4/c1-9-25-19(24)17-12(4)16(13(5)20(17)8)18(23)14(6)21(15(7)22)10-11(2)3/h11,14H,9-10H2,1-8H3. The first-order valence-corrected chi connectivity index (χ1v) is 8.68. The van der Waals surface area contributed by atoms with Crippen molar-refractivity contribution in [2.45, 2.75) is 54.5 Å². The van der Waals surface area contributed by atoms with Crippen molar-refractivity contribution in [1.82, 2.24) is 9.47 Å². The van der Waals surface area contributed by atoms with Crippen LogP contribution >= 0.6 is 0 Å². The van der Waals surface area contributed by atoms with Gasteiger partial charge in [0.1, 0.15) is 5.69 Å². The van der Waals surface area contributed by atoms with Crippen LogP contribution in [0.4, 0.5) is 0 Å². The topological polar surface area (TPSA) is 68.6 Å². The van der Waals surface area contributed by atoms with Crippen molar-refractivity contribution in [2.24, 2.45) is 13.0 Å². The quantitative estimate of drug-likeness (QED) is 0.560. The fourth-order valence-corrected chi connectivity index (χ4v) is 3.13. The van der Waals surface area contributed by atoms with Crippen molar-refractivity contribution in [1.29, 1.82) is 0 Å². The van der Waals surface area contributed by atoms with E-state index in [1.54, 1.807) is 44.2 Å². The van der Waals surface area contributed by atoms with Crippen LogP contribution in [0.3, 0.4) is 0 Å². The number of esters is 1. The van der Waals surface area contributed by atoms with Crippen LogP contribution in [0.5, 0.6) is 0 Å². The molecule has 6 heteroatoms. The summed E-state index contributed by atoms with van der Waals surface area (Å²) >= 11 is 0. The fourth-order valence-electron chi connectivity index (χ4n) is 3.13. The van der Waals surface area contributed by atoms with Crippen molar-refractivity contribution in [2.75, 3.05) is 13.2 Å². The number of Topliss-reactive ketones (excluding diaryl/α,β-unsaturated/α-hetero) is 1. The number of aromatic nitrogens is 1. The molecular formula is C19H30N2O4. The molecule has 0 saturated heterocycles. The van der Waals surface area contributed by atoms with E-state index in [4.69, 9.17) is 4.74 Å². The van der Waals surface area contributed by atoms with Crippen LogP contribution in [-0.4, -0.2) is 46.3 Å². The molecule has 0 bridgehead atoms. The van der Waals surface area contributed by atoms with E-state index in [1.165, 1.54) is 6.92 Å². The van der Waals surface area contributed by atoms with Gasteiger partial charge in [0.15, 0.2) is 5.78 Å². The van der Waals surface area contributed by atoms with E-state index in [1.807, 2.05) is 13.8 Å². The fraction of sp³-hybridized carbons (Fsp3) is 0.632. The molecule has 1 amide bonds. The number of carbonyl (C=O) groups is 3. The highest BCUT2D eigenvalue weighted by Crippen LogP contribution is 2.25. The number of hydrogen-bond donors (Lipinski definition) is 0. The van der Waals surface area contributed by atoms with E-state index in [-0.39, 0.29) is 24.2 Å². The molecule has 1 rings (SSSR count). The van der Waals surface area contributed by atoms with E-state index in [2.05, 4.69) is 0 Å². The lowest BCUT2D eigenvalue weighted by Gasteiger charge is -2.29. The summed E-state index contributed by atoms with van der Waals surface area (Å²) in [5.74, 6) is -0.474. The number of ketones is 1. The molecule has 1 atom stereocenters. The van der Waals surface area contributed by atoms with Crippen LogP contribution in [-0.2, 0) is 16.6 Å². The minimum Gasteiger partial charge on any atom is -0.461 e. The number of amides is 1. The van der Waals surface area contributed by atoms with Gasteiger partial charge in [-0.3, -0.25) is 9.59 Å². The van der Waals surface area contributed by atoms with Crippen molar-refractivity contribution < 1.29 is 19.1 Å². The first-order chi connectivity index (χ1) is 11.5. The van der Waals surface area contributed by atoms with E-state index in [0.29, 0.717) is 29.1 Å². The Morgan fingerprint density at radius 3 is 2.16 bits per heavy atom. The van der Waals surface area contributed by atoms with Crippen LogP contribution in [0.15, 0.2) is 0 Å². The third-order valence-corrected chi connectivity index (χ3v) is 4.46. The maximum Gasteiger partial charge on any atom is 0.355 e. The maximum atomic E-state index is 13.1. The molecule has 0 aliphatic heterocycles. The van der Waals surface area contributed by atoms with Crippen molar-refractivity contribution in [3.8, 4) is 0 Å². The van der Waals surface area contributed by atoms with Crippen molar-refractivity contribution >= 4 is 17.7 Å². The molecule has 140 valence electrons. The van der Waals surface area contributed by atoms with Gasteiger partial charge in [-0.25, -0.2) is 4.79 Å². The third-order valence-electron chi connectivity index (χ3n) is 4.46. The Kier molecular flexibility index (Phi) is 6.96. The summed E-state index contributed by atoms with van der Waals surface area (Å²) < 4.78 is 6.79. The van der Waals surface area contributed by atoms with E-state index in [0.717, 1.165) is 0 Å². The normalized spacial score (nSPS) is 12.2. The zero-order chi connectivity index (χ0) is 19.5. The van der Waals surface area contributed by atoms with Gasteiger partial charge < -0.3 is 14.2 Å². The summed E-state index contributed by atoms with van der Waals surface area (Å²) in [4.78, 5) is 38.9. The molecule has 1 unspecified atom stereocenters. The van der Waals surface area contributed by atoms with E-state index >= 15 is 0 Å². The number of ether oxygens (including phenoxy) is 1. The lowest BCUT2D eigenvalue weighted by atomic mass is 9.99. The molecule has 1 heterocycles. The van der Waals surface area contributed by atoms with Gasteiger partial charge in [0, 0.05) is 31.8 Å². The molecule has 0 saturated carbocycles. The summed E-state index contributed by atoms with van der Waals surface area (Å²) in [5.41, 5.74) is 2.18. The van der Waals surface area contributed by atoms with Gasteiger partial charge in [0.25, 0.3) is 0 Å². The molecule has 1 aromatic heterocycles. The van der Waals surface area contributed by atoms with Gasteiger partial charge in [-0.05, 0) is 39.2 Å². The molecule has 0 aliphatic rings. The zero-order valence-corrected chi connectivity index (χ0v) is 16.6. The summed E-state index contributed by atoms with van der Waals surface area (Å²) in [5, 5.41) is 0. The molecule has 1 aromatic rings. The van der Waals surface area contributed by atoms with Crippen LogP contribution in [0, 0.1) is 19.8 Å². The second-order valence-corrected chi connectivity index (χ2v) is 6.82. The Hall–Kier alpha value is -2.11. The lowest BCUT2D eigenvalue weighted by Crippen LogP contribution is -2.44. The Morgan fingerprint density at radius 2 is 1.72 bits per heavy atom. The third kappa shape index (κ3) is 4.30. The van der Waals surface area contributed by atoms with Crippen molar-refractivity contribution in [3.05, 3.63) is 22.5 Å². The van der Waals surface area contributed by atoms with Crippen LogP contribution in [0.25, 0.3) is 0 Å². The average molecular weight is 350 g/mol. The van der Waals surface area contributed by atoms with Gasteiger partial charge in [-0.15, -0.1) is 0 Å². The molecule has 0 fully saturated rings. The van der Waals surface area contributed by atoms with E-state index in [9.17, 15) is 14.4 Å². The monoisotopic (exact) mass is 350 g/mol. The molecule has 25 heavy (non-hydrogen) atoms. The zero-order valence-electron chi connectivity index (χ0n) is 16.6.